The third-order valence-electron chi connectivity index (χ3n) is 4.51. The van der Waals surface area contributed by atoms with E-state index in [9.17, 15) is 9.59 Å². The Morgan fingerprint density at radius 3 is 2.58 bits per heavy atom. The molecule has 6 heteroatoms. The number of ether oxygens (including phenoxy) is 1. The topological polar surface area (TPSA) is 58.6 Å². The minimum absolute atomic E-state index is 0.0998. The quantitative estimate of drug-likeness (QED) is 0.877. The number of amides is 2. The van der Waals surface area contributed by atoms with Gasteiger partial charge in [0.25, 0.3) is 5.91 Å². The van der Waals surface area contributed by atoms with Crippen molar-refractivity contribution in [2.45, 2.75) is 18.6 Å². The van der Waals surface area contributed by atoms with E-state index in [0.29, 0.717) is 11.6 Å². The molecule has 3 rings (SSSR count). The van der Waals surface area contributed by atoms with Crippen LogP contribution in [0, 0.1) is 0 Å². The normalized spacial score (nSPS) is 20.1. The van der Waals surface area contributed by atoms with Crippen molar-refractivity contribution in [3.8, 4) is 0 Å². The zero-order valence-electron chi connectivity index (χ0n) is 14.5. The van der Waals surface area contributed by atoms with Crippen LogP contribution < -0.4 is 5.32 Å². The Labute approximate surface area is 157 Å². The number of likely N-dealkylation sites (N-methyl/N-ethyl adjacent to an activating group) is 1. The third-order valence-corrected chi connectivity index (χ3v) is 4.76. The van der Waals surface area contributed by atoms with Gasteiger partial charge in [-0.25, -0.2) is 0 Å². The fraction of sp³-hybridized carbons (Fsp3) is 0.300. The smallest absolute Gasteiger partial charge is 0.251 e. The SMILES string of the molecule is CN1C(=O)COC(C(=O)NCCc2ccccc2)C1c1ccc(Cl)cc1. The second kappa shape index (κ2) is 8.34. The lowest BCUT2D eigenvalue weighted by atomic mass is 9.97. The first-order valence-corrected chi connectivity index (χ1v) is 8.88. The fourth-order valence-corrected chi connectivity index (χ4v) is 3.19. The minimum Gasteiger partial charge on any atom is -0.356 e. The van der Waals surface area contributed by atoms with Crippen molar-refractivity contribution in [1.82, 2.24) is 10.2 Å². The predicted molar refractivity (Wildman–Crippen MR) is 99.9 cm³/mol. The van der Waals surface area contributed by atoms with Crippen molar-refractivity contribution >= 4 is 23.4 Å². The van der Waals surface area contributed by atoms with E-state index >= 15 is 0 Å². The van der Waals surface area contributed by atoms with Crippen molar-refractivity contribution in [3.05, 3.63) is 70.7 Å². The first-order valence-electron chi connectivity index (χ1n) is 8.50. The van der Waals surface area contributed by atoms with Gasteiger partial charge in [-0.05, 0) is 29.7 Å². The molecule has 2 amide bonds. The number of hydrogen-bond acceptors (Lipinski definition) is 3. The average molecular weight is 373 g/mol. The third kappa shape index (κ3) is 4.23. The largest absolute Gasteiger partial charge is 0.356 e. The van der Waals surface area contributed by atoms with E-state index in [0.717, 1.165) is 17.5 Å². The Morgan fingerprint density at radius 2 is 1.88 bits per heavy atom. The predicted octanol–water partition coefficient (Wildman–Crippen LogP) is 2.60. The maximum absolute atomic E-state index is 12.7. The van der Waals surface area contributed by atoms with Crippen molar-refractivity contribution in [2.75, 3.05) is 20.2 Å². The van der Waals surface area contributed by atoms with Gasteiger partial charge in [-0.1, -0.05) is 54.1 Å². The minimum atomic E-state index is -0.755. The van der Waals surface area contributed by atoms with Crippen LogP contribution in [-0.2, 0) is 20.7 Å². The van der Waals surface area contributed by atoms with Gasteiger partial charge < -0.3 is 15.0 Å². The molecule has 1 saturated heterocycles. The Bertz CT molecular complexity index is 764. The molecule has 0 spiro atoms. The molecular weight excluding hydrogens is 352 g/mol. The zero-order chi connectivity index (χ0) is 18.5. The molecule has 2 aromatic carbocycles. The number of nitrogens with one attached hydrogen (secondary N) is 1. The molecule has 1 fully saturated rings. The summed E-state index contributed by atoms with van der Waals surface area (Å²) in [4.78, 5) is 26.3. The number of rotatable bonds is 5. The summed E-state index contributed by atoms with van der Waals surface area (Å²) in [5, 5.41) is 3.52. The summed E-state index contributed by atoms with van der Waals surface area (Å²) in [5.41, 5.74) is 1.96. The average Bonchev–Trinajstić information content (AvgIpc) is 2.65. The van der Waals surface area contributed by atoms with Crippen LogP contribution in [0.3, 0.4) is 0 Å². The first-order chi connectivity index (χ1) is 12.6. The molecule has 0 radical (unpaired) electrons. The Kier molecular flexibility index (Phi) is 5.91. The van der Waals surface area contributed by atoms with Gasteiger partial charge in [0.1, 0.15) is 6.61 Å². The molecule has 1 N–H and O–H groups in total. The summed E-state index contributed by atoms with van der Waals surface area (Å²) in [6.07, 6.45) is -0.0192. The molecule has 136 valence electrons. The van der Waals surface area contributed by atoms with Crippen LogP contribution >= 0.6 is 11.6 Å². The first kappa shape index (κ1) is 18.4. The van der Waals surface area contributed by atoms with Crippen molar-refractivity contribution in [3.63, 3.8) is 0 Å². The maximum Gasteiger partial charge on any atom is 0.251 e. The number of morpholine rings is 1. The maximum atomic E-state index is 12.7. The van der Waals surface area contributed by atoms with Crippen LogP contribution in [0.15, 0.2) is 54.6 Å². The fourth-order valence-electron chi connectivity index (χ4n) is 3.06. The van der Waals surface area contributed by atoms with Gasteiger partial charge in [0.15, 0.2) is 6.10 Å². The number of nitrogens with zero attached hydrogens (tertiary/aromatic N) is 1. The Morgan fingerprint density at radius 1 is 1.19 bits per heavy atom. The van der Waals surface area contributed by atoms with Crippen LogP contribution in [0.1, 0.15) is 17.2 Å². The lowest BCUT2D eigenvalue weighted by Gasteiger charge is -2.38. The summed E-state index contributed by atoms with van der Waals surface area (Å²) in [6.45, 7) is 0.408. The summed E-state index contributed by atoms with van der Waals surface area (Å²) in [7, 11) is 1.69. The molecule has 1 aliphatic rings. The number of halogens is 1. The summed E-state index contributed by atoms with van der Waals surface area (Å²) < 4.78 is 5.59. The molecule has 0 bridgehead atoms. The molecule has 2 unspecified atom stereocenters. The Hall–Kier alpha value is -2.37. The van der Waals surface area contributed by atoms with E-state index in [4.69, 9.17) is 16.3 Å². The number of carbonyl (C=O) groups excluding carboxylic acids is 2. The van der Waals surface area contributed by atoms with Crippen LogP contribution in [-0.4, -0.2) is 43.0 Å². The number of carbonyl (C=O) groups is 2. The highest BCUT2D eigenvalue weighted by molar-refractivity contribution is 6.30. The second-order valence-electron chi connectivity index (χ2n) is 6.26. The highest BCUT2D eigenvalue weighted by atomic mass is 35.5. The highest BCUT2D eigenvalue weighted by Gasteiger charge is 2.39. The van der Waals surface area contributed by atoms with Gasteiger partial charge in [-0.3, -0.25) is 9.59 Å². The van der Waals surface area contributed by atoms with E-state index in [1.165, 1.54) is 0 Å². The van der Waals surface area contributed by atoms with E-state index in [1.54, 1.807) is 24.1 Å². The van der Waals surface area contributed by atoms with Gasteiger partial charge >= 0.3 is 0 Å². The molecular formula is C20H21ClN2O3. The van der Waals surface area contributed by atoms with Gasteiger partial charge in [0.05, 0.1) is 6.04 Å². The van der Waals surface area contributed by atoms with Crippen LogP contribution in [0.2, 0.25) is 5.02 Å². The van der Waals surface area contributed by atoms with Gasteiger partial charge in [0, 0.05) is 18.6 Å². The molecule has 0 saturated carbocycles. The Balaban J connectivity index is 1.69. The summed E-state index contributed by atoms with van der Waals surface area (Å²) >= 11 is 5.95. The summed E-state index contributed by atoms with van der Waals surface area (Å²) in [6, 6.07) is 16.6. The van der Waals surface area contributed by atoms with Gasteiger partial charge in [-0.2, -0.15) is 0 Å². The van der Waals surface area contributed by atoms with E-state index in [-0.39, 0.29) is 18.4 Å². The van der Waals surface area contributed by atoms with E-state index < -0.39 is 12.1 Å². The standard InChI is InChI=1S/C20H21ClN2O3/c1-23-17(24)13-26-19(18(23)15-7-9-16(21)10-8-15)20(25)22-12-11-14-5-3-2-4-6-14/h2-10,18-19H,11-13H2,1H3,(H,22,25). The second-order valence-corrected chi connectivity index (χ2v) is 6.70. The molecule has 2 aromatic rings. The van der Waals surface area contributed by atoms with Crippen molar-refractivity contribution < 1.29 is 14.3 Å². The van der Waals surface area contributed by atoms with E-state index in [2.05, 4.69) is 5.32 Å². The molecule has 1 aliphatic heterocycles. The molecule has 2 atom stereocenters. The molecule has 0 aliphatic carbocycles. The molecule has 0 aromatic heterocycles. The van der Waals surface area contributed by atoms with Crippen LogP contribution in [0.4, 0.5) is 0 Å². The number of hydrogen-bond donors (Lipinski definition) is 1. The zero-order valence-corrected chi connectivity index (χ0v) is 15.3. The number of benzene rings is 2. The van der Waals surface area contributed by atoms with Gasteiger partial charge in [-0.15, -0.1) is 0 Å². The van der Waals surface area contributed by atoms with Crippen LogP contribution in [0.25, 0.3) is 0 Å². The molecule has 1 heterocycles. The van der Waals surface area contributed by atoms with Crippen molar-refractivity contribution in [1.29, 1.82) is 0 Å². The highest BCUT2D eigenvalue weighted by Crippen LogP contribution is 2.30. The van der Waals surface area contributed by atoms with Crippen molar-refractivity contribution in [2.24, 2.45) is 0 Å². The molecule has 26 heavy (non-hydrogen) atoms. The van der Waals surface area contributed by atoms with E-state index in [1.807, 2.05) is 42.5 Å². The lowest BCUT2D eigenvalue weighted by molar-refractivity contribution is -0.162. The molecule has 5 nitrogen and oxygen atoms in total. The monoisotopic (exact) mass is 372 g/mol. The summed E-state index contributed by atoms with van der Waals surface area (Å²) in [5.74, 6) is -0.376. The lowest BCUT2D eigenvalue weighted by Crippen LogP contribution is -2.53. The van der Waals surface area contributed by atoms with Gasteiger partial charge in [0.2, 0.25) is 5.91 Å². The van der Waals surface area contributed by atoms with Crippen LogP contribution in [0.5, 0.6) is 0 Å².